The quantitative estimate of drug-likeness (QED) is 0.666. The number of fused-ring (bicyclic) bond motifs is 1. The fourth-order valence-electron chi connectivity index (χ4n) is 3.29. The molecule has 3 heterocycles. The molecular weight excluding hydrogens is 425 g/mol. The molecule has 160 valence electrons. The van der Waals surface area contributed by atoms with Gasteiger partial charge in [0.2, 0.25) is 21.8 Å². The molecule has 1 saturated heterocycles. The highest BCUT2D eigenvalue weighted by Gasteiger charge is 2.32. The van der Waals surface area contributed by atoms with Crippen molar-refractivity contribution in [2.24, 2.45) is 0 Å². The first kappa shape index (κ1) is 20.4. The molecule has 8 nitrogen and oxygen atoms in total. The van der Waals surface area contributed by atoms with Crippen LogP contribution in [0.3, 0.4) is 0 Å². The van der Waals surface area contributed by atoms with E-state index in [1.54, 1.807) is 18.2 Å². The number of halogens is 3. The monoisotopic (exact) mass is 442 g/mol. The van der Waals surface area contributed by atoms with Crippen molar-refractivity contribution in [1.82, 2.24) is 14.3 Å². The zero-order valence-corrected chi connectivity index (χ0v) is 16.5. The van der Waals surface area contributed by atoms with E-state index >= 15 is 0 Å². The van der Waals surface area contributed by atoms with Crippen LogP contribution in [0.15, 0.2) is 34.7 Å². The van der Waals surface area contributed by atoms with Crippen molar-refractivity contribution in [1.29, 1.82) is 0 Å². The summed E-state index contributed by atoms with van der Waals surface area (Å²) < 4.78 is 69.2. The van der Waals surface area contributed by atoms with Crippen molar-refractivity contribution >= 4 is 26.8 Å². The normalized spacial score (nSPS) is 16.3. The van der Waals surface area contributed by atoms with Crippen LogP contribution in [0.1, 0.15) is 5.56 Å². The Kier molecular flexibility index (Phi) is 4.85. The predicted octanol–water partition coefficient (Wildman–Crippen LogP) is 2.70. The third-order valence-electron chi connectivity index (χ3n) is 4.80. The number of rotatable bonds is 3. The van der Waals surface area contributed by atoms with Gasteiger partial charge in [-0.3, -0.25) is 0 Å². The topological polar surface area (TPSA) is 99.8 Å². The Hall–Kier alpha value is -2.86. The lowest BCUT2D eigenvalue weighted by Gasteiger charge is -2.34. The van der Waals surface area contributed by atoms with Gasteiger partial charge in [-0.1, -0.05) is 0 Å². The second kappa shape index (κ2) is 7.13. The van der Waals surface area contributed by atoms with E-state index in [0.717, 1.165) is 11.8 Å². The van der Waals surface area contributed by atoms with Crippen LogP contribution < -0.4 is 4.90 Å². The molecule has 0 radical (unpaired) electrons. The summed E-state index contributed by atoms with van der Waals surface area (Å²) in [5.41, 5.74) is 0.253. The van der Waals surface area contributed by atoms with E-state index in [2.05, 4.69) is 9.97 Å². The molecule has 1 fully saturated rings. The first-order chi connectivity index (χ1) is 14.0. The van der Waals surface area contributed by atoms with Gasteiger partial charge < -0.3 is 14.4 Å². The second-order valence-corrected chi connectivity index (χ2v) is 8.90. The number of oxazole rings is 1. The van der Waals surface area contributed by atoms with Gasteiger partial charge in [0.25, 0.3) is 0 Å². The lowest BCUT2D eigenvalue weighted by atomic mass is 10.2. The molecule has 1 aromatic carbocycles. The molecule has 0 aliphatic carbocycles. The minimum atomic E-state index is -4.65. The molecule has 1 N–H and O–H groups in total. The largest absolute Gasteiger partial charge is 0.493 e. The fourth-order valence-corrected chi connectivity index (χ4v) is 4.12. The van der Waals surface area contributed by atoms with E-state index in [1.807, 2.05) is 4.90 Å². The molecule has 0 unspecified atom stereocenters. The number of sulfonamides is 1. The summed E-state index contributed by atoms with van der Waals surface area (Å²) >= 11 is 0. The highest BCUT2D eigenvalue weighted by Crippen LogP contribution is 2.34. The van der Waals surface area contributed by atoms with Gasteiger partial charge in [-0.15, -0.1) is 0 Å². The molecule has 4 rings (SSSR count). The zero-order chi connectivity index (χ0) is 21.7. The van der Waals surface area contributed by atoms with E-state index in [1.165, 1.54) is 10.6 Å². The SMILES string of the molecule is CS(=O)(=O)N1CCN(c2ccc3oc(-c4cc(C(F)(F)F)cc(O)n4)nc3c2)CC1. The molecule has 30 heavy (non-hydrogen) atoms. The van der Waals surface area contributed by atoms with E-state index in [9.17, 15) is 26.7 Å². The van der Waals surface area contributed by atoms with Crippen LogP contribution in [0.4, 0.5) is 18.9 Å². The Bertz CT molecular complexity index is 1200. The average Bonchev–Trinajstić information content (AvgIpc) is 3.09. The molecule has 0 saturated carbocycles. The van der Waals surface area contributed by atoms with E-state index in [-0.39, 0.29) is 11.6 Å². The maximum Gasteiger partial charge on any atom is 0.416 e. The minimum Gasteiger partial charge on any atom is -0.493 e. The van der Waals surface area contributed by atoms with Gasteiger partial charge in [-0.2, -0.15) is 17.5 Å². The van der Waals surface area contributed by atoms with Gasteiger partial charge in [0.1, 0.15) is 11.2 Å². The van der Waals surface area contributed by atoms with Crippen LogP contribution in [-0.4, -0.2) is 60.2 Å². The Labute approximate surface area is 169 Å². The van der Waals surface area contributed by atoms with Crippen molar-refractivity contribution < 1.29 is 31.1 Å². The lowest BCUT2D eigenvalue weighted by Crippen LogP contribution is -2.48. The second-order valence-electron chi connectivity index (χ2n) is 6.92. The number of hydrogen-bond acceptors (Lipinski definition) is 7. The number of aromatic nitrogens is 2. The summed E-state index contributed by atoms with van der Waals surface area (Å²) in [4.78, 5) is 9.89. The minimum absolute atomic E-state index is 0.148. The number of aromatic hydroxyl groups is 1. The Morgan fingerprint density at radius 2 is 1.77 bits per heavy atom. The lowest BCUT2D eigenvalue weighted by molar-refractivity contribution is -0.137. The standard InChI is InChI=1S/C18H17F3N4O4S/c1-30(27,28)25-6-4-24(5-7-25)12-2-3-15-13(10-12)23-17(29-15)14-8-11(18(19,20)21)9-16(26)22-14/h2-3,8-10H,4-7H2,1H3,(H,22,26). The molecule has 1 aliphatic heterocycles. The molecular formula is C18H17F3N4O4S. The van der Waals surface area contributed by atoms with Gasteiger partial charge in [0, 0.05) is 37.9 Å². The van der Waals surface area contributed by atoms with Crippen molar-refractivity contribution in [3.05, 3.63) is 35.9 Å². The van der Waals surface area contributed by atoms with Gasteiger partial charge in [0.05, 0.1) is 11.8 Å². The van der Waals surface area contributed by atoms with Crippen LogP contribution in [-0.2, 0) is 16.2 Å². The van der Waals surface area contributed by atoms with E-state index in [0.29, 0.717) is 43.3 Å². The van der Waals surface area contributed by atoms with Crippen molar-refractivity contribution in [2.45, 2.75) is 6.18 Å². The summed E-state index contributed by atoms with van der Waals surface area (Å²) in [7, 11) is -3.24. The highest BCUT2D eigenvalue weighted by atomic mass is 32.2. The third kappa shape index (κ3) is 4.05. The zero-order valence-electron chi connectivity index (χ0n) is 15.7. The number of piperazine rings is 1. The molecule has 0 atom stereocenters. The van der Waals surface area contributed by atoms with Crippen LogP contribution in [0.2, 0.25) is 0 Å². The Morgan fingerprint density at radius 3 is 2.40 bits per heavy atom. The summed E-state index contributed by atoms with van der Waals surface area (Å²) in [5.74, 6) is -0.933. The summed E-state index contributed by atoms with van der Waals surface area (Å²) in [6.07, 6.45) is -3.48. The molecule has 1 aliphatic rings. The molecule has 0 spiro atoms. The maximum atomic E-state index is 13.0. The number of alkyl halides is 3. The fraction of sp³-hybridized carbons (Fsp3) is 0.333. The van der Waals surface area contributed by atoms with Crippen molar-refractivity contribution in [3.63, 3.8) is 0 Å². The Morgan fingerprint density at radius 1 is 1.07 bits per heavy atom. The molecule has 12 heteroatoms. The molecule has 2 aromatic heterocycles. The van der Waals surface area contributed by atoms with Crippen molar-refractivity contribution in [3.8, 4) is 17.5 Å². The average molecular weight is 442 g/mol. The first-order valence-corrected chi connectivity index (χ1v) is 10.7. The van der Waals surface area contributed by atoms with Gasteiger partial charge in [0.15, 0.2) is 5.58 Å². The number of benzene rings is 1. The van der Waals surface area contributed by atoms with Crippen LogP contribution in [0.25, 0.3) is 22.7 Å². The summed E-state index contributed by atoms with van der Waals surface area (Å²) in [6, 6.07) is 6.41. The molecule has 3 aromatic rings. The van der Waals surface area contributed by atoms with Crippen LogP contribution in [0, 0.1) is 0 Å². The van der Waals surface area contributed by atoms with Gasteiger partial charge in [-0.25, -0.2) is 18.4 Å². The molecule has 0 amide bonds. The number of nitrogens with zero attached hydrogens (tertiary/aromatic N) is 4. The smallest absolute Gasteiger partial charge is 0.416 e. The number of pyridine rings is 1. The third-order valence-corrected chi connectivity index (χ3v) is 6.11. The van der Waals surface area contributed by atoms with Gasteiger partial charge >= 0.3 is 6.18 Å². The molecule has 0 bridgehead atoms. The summed E-state index contributed by atoms with van der Waals surface area (Å²) in [5, 5.41) is 9.55. The number of hydrogen-bond donors (Lipinski definition) is 1. The van der Waals surface area contributed by atoms with E-state index < -0.39 is 27.6 Å². The van der Waals surface area contributed by atoms with Crippen LogP contribution >= 0.6 is 0 Å². The maximum absolute atomic E-state index is 13.0. The predicted molar refractivity (Wildman–Crippen MR) is 103 cm³/mol. The summed E-state index contributed by atoms with van der Waals surface area (Å²) in [6.45, 7) is 1.70. The highest BCUT2D eigenvalue weighted by molar-refractivity contribution is 7.88. The van der Waals surface area contributed by atoms with Gasteiger partial charge in [-0.05, 0) is 24.3 Å². The number of anilines is 1. The first-order valence-electron chi connectivity index (χ1n) is 8.90. The van der Waals surface area contributed by atoms with Crippen molar-refractivity contribution in [2.75, 3.05) is 37.3 Å². The Balaban J connectivity index is 1.62. The van der Waals surface area contributed by atoms with E-state index in [4.69, 9.17) is 4.42 Å². The van der Waals surface area contributed by atoms with Crippen LogP contribution in [0.5, 0.6) is 5.88 Å².